The van der Waals surface area contributed by atoms with Crippen LogP contribution in [0.25, 0.3) is 0 Å². The Morgan fingerprint density at radius 3 is 2.02 bits per heavy atom. The number of rotatable bonds is 13. The highest BCUT2D eigenvalue weighted by Gasteiger charge is 2.32. The van der Waals surface area contributed by atoms with Gasteiger partial charge in [0.1, 0.15) is 6.04 Å². The lowest BCUT2D eigenvalue weighted by Gasteiger charge is -2.34. The number of aryl methyl sites for hydroxylation is 1. The van der Waals surface area contributed by atoms with Gasteiger partial charge in [-0.3, -0.25) is 13.9 Å². The fourth-order valence-electron chi connectivity index (χ4n) is 4.70. The Bertz CT molecular complexity index is 1420. The molecule has 7 nitrogen and oxygen atoms in total. The average molecular weight is 612 g/mol. The summed E-state index contributed by atoms with van der Waals surface area (Å²) in [5.41, 5.74) is 2.94. The smallest absolute Gasteiger partial charge is 0.243 e. The molecule has 0 spiro atoms. The number of nitrogens with zero attached hydrogens (tertiary/aromatic N) is 2. The van der Waals surface area contributed by atoms with Crippen molar-refractivity contribution in [3.63, 3.8) is 0 Å². The normalized spacial score (nSPS) is 12.4. The van der Waals surface area contributed by atoms with Crippen LogP contribution in [0.1, 0.15) is 57.2 Å². The molecule has 0 bridgehead atoms. The lowest BCUT2D eigenvalue weighted by molar-refractivity contribution is -0.142. The summed E-state index contributed by atoms with van der Waals surface area (Å²) in [4.78, 5) is 29.2. The maximum absolute atomic E-state index is 13.9. The van der Waals surface area contributed by atoms with E-state index in [0.29, 0.717) is 17.1 Å². The first-order chi connectivity index (χ1) is 19.8. The van der Waals surface area contributed by atoms with Crippen LogP contribution in [0.3, 0.4) is 0 Å². The summed E-state index contributed by atoms with van der Waals surface area (Å²) < 4.78 is 26.7. The first kappa shape index (κ1) is 33.1. The molecule has 3 aromatic rings. The predicted molar refractivity (Wildman–Crippen MR) is 171 cm³/mol. The zero-order valence-corrected chi connectivity index (χ0v) is 26.7. The van der Waals surface area contributed by atoms with Crippen molar-refractivity contribution in [3.05, 3.63) is 101 Å². The van der Waals surface area contributed by atoms with E-state index in [-0.39, 0.29) is 37.7 Å². The van der Waals surface area contributed by atoms with E-state index in [2.05, 4.69) is 5.32 Å². The van der Waals surface area contributed by atoms with E-state index in [1.54, 1.807) is 29.2 Å². The van der Waals surface area contributed by atoms with Crippen LogP contribution in [-0.2, 0) is 39.0 Å². The van der Waals surface area contributed by atoms with Gasteiger partial charge < -0.3 is 10.2 Å². The Kier molecular flexibility index (Phi) is 11.6. The topological polar surface area (TPSA) is 86.8 Å². The highest BCUT2D eigenvalue weighted by molar-refractivity contribution is 7.92. The van der Waals surface area contributed by atoms with Crippen molar-refractivity contribution in [2.45, 2.75) is 71.5 Å². The molecular weight excluding hydrogens is 570 g/mol. The molecule has 0 radical (unpaired) electrons. The van der Waals surface area contributed by atoms with Crippen molar-refractivity contribution < 1.29 is 18.0 Å². The Morgan fingerprint density at radius 2 is 1.48 bits per heavy atom. The van der Waals surface area contributed by atoms with E-state index >= 15 is 0 Å². The molecule has 0 aromatic heterocycles. The zero-order valence-electron chi connectivity index (χ0n) is 25.1. The van der Waals surface area contributed by atoms with Crippen molar-refractivity contribution >= 4 is 39.1 Å². The molecular formula is C33H42ClN3O4S. The van der Waals surface area contributed by atoms with Gasteiger partial charge in [0.05, 0.1) is 11.9 Å². The molecule has 9 heteroatoms. The molecule has 0 aliphatic rings. The van der Waals surface area contributed by atoms with Gasteiger partial charge in [-0.25, -0.2) is 8.42 Å². The fraction of sp³-hybridized carbons (Fsp3) is 0.394. The number of carbonyl (C=O) groups excluding carboxylic acids is 2. The van der Waals surface area contributed by atoms with Gasteiger partial charge in [-0.2, -0.15) is 0 Å². The standard InChI is InChI=1S/C33H42ClN3O4S/c1-6-25-16-20-29(21-17-25)37(42(5,40)41)22-10-13-31(38)36(24-27-14-18-28(34)19-15-27)30(32(39)35-33(2,3)4)23-26-11-8-7-9-12-26/h7-9,11-12,14-21,30H,6,10,13,22-24H2,1-5H3,(H,35,39)/t30-/m0/s1. The molecule has 0 aliphatic heterocycles. The third-order valence-electron chi connectivity index (χ3n) is 6.82. The Balaban J connectivity index is 1.88. The molecule has 0 saturated heterocycles. The molecule has 2 amide bonds. The summed E-state index contributed by atoms with van der Waals surface area (Å²) in [6.07, 6.45) is 2.71. The summed E-state index contributed by atoms with van der Waals surface area (Å²) in [6.45, 7) is 8.10. The second-order valence-electron chi connectivity index (χ2n) is 11.6. The molecule has 0 heterocycles. The Labute approximate surface area is 255 Å². The van der Waals surface area contributed by atoms with Crippen molar-refractivity contribution in [1.29, 1.82) is 0 Å². The first-order valence-corrected chi connectivity index (χ1v) is 16.5. The van der Waals surface area contributed by atoms with Gasteiger partial charge in [0.15, 0.2) is 0 Å². The van der Waals surface area contributed by atoms with Gasteiger partial charge in [-0.1, -0.05) is 73.1 Å². The minimum Gasteiger partial charge on any atom is -0.350 e. The van der Waals surface area contributed by atoms with Crippen LogP contribution >= 0.6 is 11.6 Å². The number of carbonyl (C=O) groups is 2. The third-order valence-corrected chi connectivity index (χ3v) is 8.27. The monoisotopic (exact) mass is 611 g/mol. The number of benzene rings is 3. The fourth-order valence-corrected chi connectivity index (χ4v) is 5.79. The molecule has 42 heavy (non-hydrogen) atoms. The summed E-state index contributed by atoms with van der Waals surface area (Å²) in [7, 11) is -3.57. The van der Waals surface area contributed by atoms with Gasteiger partial charge in [-0.05, 0) is 74.6 Å². The number of amides is 2. The van der Waals surface area contributed by atoms with Crippen LogP contribution in [0.4, 0.5) is 5.69 Å². The number of hydrogen-bond acceptors (Lipinski definition) is 4. The number of sulfonamides is 1. The number of nitrogens with one attached hydrogen (secondary N) is 1. The van der Waals surface area contributed by atoms with Crippen LogP contribution in [-0.4, -0.2) is 49.5 Å². The van der Waals surface area contributed by atoms with E-state index in [9.17, 15) is 18.0 Å². The second kappa shape index (κ2) is 14.7. The summed E-state index contributed by atoms with van der Waals surface area (Å²) in [6, 6.07) is 23.4. The predicted octanol–water partition coefficient (Wildman–Crippen LogP) is 6.00. The quantitative estimate of drug-likeness (QED) is 0.257. The highest BCUT2D eigenvalue weighted by atomic mass is 35.5. The van der Waals surface area contributed by atoms with E-state index in [1.807, 2.05) is 82.3 Å². The minimum atomic E-state index is -3.57. The highest BCUT2D eigenvalue weighted by Crippen LogP contribution is 2.22. The van der Waals surface area contributed by atoms with Gasteiger partial charge in [0.25, 0.3) is 0 Å². The average Bonchev–Trinajstić information content (AvgIpc) is 2.93. The molecule has 3 rings (SSSR count). The van der Waals surface area contributed by atoms with Crippen molar-refractivity contribution in [2.24, 2.45) is 0 Å². The molecule has 3 aromatic carbocycles. The number of halogens is 1. The van der Waals surface area contributed by atoms with Gasteiger partial charge >= 0.3 is 0 Å². The second-order valence-corrected chi connectivity index (χ2v) is 13.9. The number of anilines is 1. The van der Waals surface area contributed by atoms with Crippen LogP contribution in [0, 0.1) is 0 Å². The largest absolute Gasteiger partial charge is 0.350 e. The van der Waals surface area contributed by atoms with Gasteiger partial charge in [0, 0.05) is 36.5 Å². The molecule has 0 aliphatic carbocycles. The van der Waals surface area contributed by atoms with E-state index < -0.39 is 21.6 Å². The lowest BCUT2D eigenvalue weighted by atomic mass is 10.00. The van der Waals surface area contributed by atoms with E-state index in [0.717, 1.165) is 23.1 Å². The maximum atomic E-state index is 13.9. The minimum absolute atomic E-state index is 0.0702. The maximum Gasteiger partial charge on any atom is 0.243 e. The van der Waals surface area contributed by atoms with Crippen LogP contribution in [0.5, 0.6) is 0 Å². The van der Waals surface area contributed by atoms with E-state index in [1.165, 1.54) is 10.6 Å². The molecule has 0 fully saturated rings. The molecule has 1 N–H and O–H groups in total. The molecule has 226 valence electrons. The van der Waals surface area contributed by atoms with Crippen LogP contribution in [0.2, 0.25) is 5.02 Å². The van der Waals surface area contributed by atoms with Crippen molar-refractivity contribution in [1.82, 2.24) is 10.2 Å². The molecule has 1 atom stereocenters. The van der Waals surface area contributed by atoms with E-state index in [4.69, 9.17) is 11.6 Å². The molecule has 0 saturated carbocycles. The zero-order chi connectivity index (χ0) is 30.9. The van der Waals surface area contributed by atoms with Crippen molar-refractivity contribution in [2.75, 3.05) is 17.1 Å². The third kappa shape index (κ3) is 10.2. The van der Waals surface area contributed by atoms with Gasteiger partial charge in [-0.15, -0.1) is 0 Å². The summed E-state index contributed by atoms with van der Waals surface area (Å²) >= 11 is 6.11. The molecule has 0 unspecified atom stereocenters. The lowest BCUT2D eigenvalue weighted by Crippen LogP contribution is -2.54. The SMILES string of the molecule is CCc1ccc(N(CCCC(=O)N(Cc2ccc(Cl)cc2)[C@@H](Cc2ccccc2)C(=O)NC(C)(C)C)S(C)(=O)=O)cc1. The van der Waals surface area contributed by atoms with Gasteiger partial charge in [0.2, 0.25) is 21.8 Å². The summed E-state index contributed by atoms with van der Waals surface area (Å²) in [5.74, 6) is -0.479. The van der Waals surface area contributed by atoms with Crippen molar-refractivity contribution in [3.8, 4) is 0 Å². The first-order valence-electron chi connectivity index (χ1n) is 14.2. The summed E-state index contributed by atoms with van der Waals surface area (Å²) in [5, 5.41) is 3.63. The number of hydrogen-bond donors (Lipinski definition) is 1. The Morgan fingerprint density at radius 1 is 0.881 bits per heavy atom. The Hall–Kier alpha value is -3.36. The van der Waals surface area contributed by atoms with Crippen LogP contribution in [0.15, 0.2) is 78.9 Å². The van der Waals surface area contributed by atoms with Crippen LogP contribution < -0.4 is 9.62 Å².